The highest BCUT2D eigenvalue weighted by Crippen LogP contribution is 2.23. The zero-order valence-corrected chi connectivity index (χ0v) is 15.0. The molecule has 1 amide bonds. The predicted molar refractivity (Wildman–Crippen MR) is 102 cm³/mol. The SMILES string of the molecule is COc1cccc(COC(=O)N(CCO)c2ccc(-c3cn[nH]c3)cc2)c1. The Bertz CT molecular complexity index is 863. The fourth-order valence-electron chi connectivity index (χ4n) is 2.65. The number of ether oxygens (including phenoxy) is 2. The van der Waals surface area contributed by atoms with Crippen LogP contribution in [0.25, 0.3) is 11.1 Å². The van der Waals surface area contributed by atoms with Crippen LogP contribution in [0.2, 0.25) is 0 Å². The molecule has 7 nitrogen and oxygen atoms in total. The van der Waals surface area contributed by atoms with Crippen LogP contribution in [0.5, 0.6) is 5.75 Å². The number of methoxy groups -OCH3 is 1. The first-order valence-corrected chi connectivity index (χ1v) is 8.48. The zero-order chi connectivity index (χ0) is 19.1. The molecule has 0 fully saturated rings. The number of anilines is 1. The van der Waals surface area contributed by atoms with Gasteiger partial charge in [-0.3, -0.25) is 10.00 Å². The van der Waals surface area contributed by atoms with Gasteiger partial charge < -0.3 is 14.6 Å². The van der Waals surface area contributed by atoms with Gasteiger partial charge in [-0.2, -0.15) is 5.10 Å². The van der Waals surface area contributed by atoms with Gasteiger partial charge in [0.2, 0.25) is 0 Å². The third-order valence-corrected chi connectivity index (χ3v) is 4.05. The summed E-state index contributed by atoms with van der Waals surface area (Å²) < 4.78 is 10.6. The van der Waals surface area contributed by atoms with Gasteiger partial charge in [0.1, 0.15) is 12.4 Å². The van der Waals surface area contributed by atoms with Crippen molar-refractivity contribution in [1.82, 2.24) is 10.2 Å². The molecule has 2 N–H and O–H groups in total. The summed E-state index contributed by atoms with van der Waals surface area (Å²) in [5.41, 5.74) is 3.39. The number of aliphatic hydroxyl groups excluding tert-OH is 1. The number of rotatable bonds is 7. The number of aliphatic hydroxyl groups is 1. The highest BCUT2D eigenvalue weighted by molar-refractivity contribution is 5.88. The van der Waals surface area contributed by atoms with Crippen molar-refractivity contribution in [3.05, 3.63) is 66.5 Å². The summed E-state index contributed by atoms with van der Waals surface area (Å²) in [5, 5.41) is 16.0. The van der Waals surface area contributed by atoms with Crippen LogP contribution in [0.1, 0.15) is 5.56 Å². The van der Waals surface area contributed by atoms with E-state index in [0.29, 0.717) is 11.4 Å². The Morgan fingerprint density at radius 1 is 1.19 bits per heavy atom. The fraction of sp³-hybridized carbons (Fsp3) is 0.200. The molecule has 27 heavy (non-hydrogen) atoms. The summed E-state index contributed by atoms with van der Waals surface area (Å²) in [6.45, 7) is 0.0881. The Labute approximate surface area is 157 Å². The summed E-state index contributed by atoms with van der Waals surface area (Å²) in [6, 6.07) is 14.7. The summed E-state index contributed by atoms with van der Waals surface area (Å²) in [7, 11) is 1.58. The molecule has 0 bridgehead atoms. The van der Waals surface area contributed by atoms with E-state index < -0.39 is 6.09 Å². The van der Waals surface area contributed by atoms with E-state index in [1.807, 2.05) is 48.5 Å². The van der Waals surface area contributed by atoms with Crippen LogP contribution in [0.4, 0.5) is 10.5 Å². The molecule has 3 aromatic rings. The van der Waals surface area contributed by atoms with Crippen molar-refractivity contribution in [3.8, 4) is 16.9 Å². The number of H-pyrrole nitrogens is 1. The van der Waals surface area contributed by atoms with E-state index in [1.54, 1.807) is 19.5 Å². The van der Waals surface area contributed by atoms with E-state index in [1.165, 1.54) is 4.90 Å². The molecule has 7 heteroatoms. The average Bonchev–Trinajstić information content (AvgIpc) is 3.25. The van der Waals surface area contributed by atoms with Crippen LogP contribution in [0.15, 0.2) is 60.9 Å². The topological polar surface area (TPSA) is 87.7 Å². The Balaban J connectivity index is 1.69. The van der Waals surface area contributed by atoms with Crippen LogP contribution in [-0.2, 0) is 11.3 Å². The molecule has 0 aliphatic carbocycles. The number of aromatic nitrogens is 2. The summed E-state index contributed by atoms with van der Waals surface area (Å²) in [6.07, 6.45) is 2.99. The Hall–Kier alpha value is -3.32. The Morgan fingerprint density at radius 2 is 2.00 bits per heavy atom. The molecular weight excluding hydrogens is 346 g/mol. The normalized spacial score (nSPS) is 10.4. The van der Waals surface area contributed by atoms with E-state index in [2.05, 4.69) is 10.2 Å². The van der Waals surface area contributed by atoms with Gasteiger partial charge in [0.05, 0.1) is 26.5 Å². The maximum absolute atomic E-state index is 12.5. The van der Waals surface area contributed by atoms with Gasteiger partial charge in [-0.25, -0.2) is 4.79 Å². The highest BCUT2D eigenvalue weighted by Gasteiger charge is 2.17. The van der Waals surface area contributed by atoms with Crippen LogP contribution >= 0.6 is 0 Å². The third-order valence-electron chi connectivity index (χ3n) is 4.05. The Kier molecular flexibility index (Phi) is 6.06. The summed E-state index contributed by atoms with van der Waals surface area (Å²) in [5.74, 6) is 0.700. The zero-order valence-electron chi connectivity index (χ0n) is 15.0. The van der Waals surface area contributed by atoms with E-state index in [0.717, 1.165) is 16.7 Å². The van der Waals surface area contributed by atoms with Crippen LogP contribution in [0.3, 0.4) is 0 Å². The minimum Gasteiger partial charge on any atom is -0.497 e. The van der Waals surface area contributed by atoms with Crippen LogP contribution in [-0.4, -0.2) is 41.7 Å². The number of carbonyl (C=O) groups is 1. The largest absolute Gasteiger partial charge is 0.497 e. The van der Waals surface area contributed by atoms with Crippen molar-refractivity contribution >= 4 is 11.8 Å². The molecule has 0 saturated heterocycles. The number of hydrogen-bond acceptors (Lipinski definition) is 5. The number of amides is 1. The standard InChI is InChI=1S/C20H21N3O4/c1-26-19-4-2-3-15(11-19)14-27-20(25)23(9-10-24)18-7-5-16(6-8-18)17-12-21-22-13-17/h2-8,11-13,24H,9-10,14H2,1H3,(H,21,22). The van der Waals surface area contributed by atoms with Crippen LogP contribution < -0.4 is 9.64 Å². The molecule has 1 heterocycles. The lowest BCUT2D eigenvalue weighted by Crippen LogP contribution is -2.34. The molecule has 140 valence electrons. The maximum Gasteiger partial charge on any atom is 0.414 e. The van der Waals surface area contributed by atoms with Gasteiger partial charge in [0.15, 0.2) is 0 Å². The molecule has 3 rings (SSSR count). The average molecular weight is 367 g/mol. The van der Waals surface area contributed by atoms with Crippen LogP contribution in [0, 0.1) is 0 Å². The molecule has 0 aliphatic heterocycles. The summed E-state index contributed by atoms with van der Waals surface area (Å²) in [4.78, 5) is 13.9. The first kappa shape index (κ1) is 18.5. The second-order valence-electron chi connectivity index (χ2n) is 5.82. The molecular formula is C20H21N3O4. The molecule has 0 atom stereocenters. The first-order chi connectivity index (χ1) is 13.2. The van der Waals surface area contributed by atoms with Crippen molar-refractivity contribution in [3.63, 3.8) is 0 Å². The molecule has 2 aromatic carbocycles. The first-order valence-electron chi connectivity index (χ1n) is 8.48. The van der Waals surface area contributed by atoms with Gasteiger partial charge >= 0.3 is 6.09 Å². The van der Waals surface area contributed by atoms with Gasteiger partial charge in [-0.05, 0) is 35.4 Å². The third kappa shape index (κ3) is 4.65. The highest BCUT2D eigenvalue weighted by atomic mass is 16.6. The smallest absolute Gasteiger partial charge is 0.414 e. The van der Waals surface area contributed by atoms with E-state index in [9.17, 15) is 9.90 Å². The number of hydrogen-bond donors (Lipinski definition) is 2. The predicted octanol–water partition coefficient (Wildman–Crippen LogP) is 3.22. The quantitative estimate of drug-likeness (QED) is 0.669. The van der Waals surface area contributed by atoms with Crippen molar-refractivity contribution in [2.24, 2.45) is 0 Å². The number of nitrogens with zero attached hydrogens (tertiary/aromatic N) is 2. The van der Waals surface area contributed by atoms with Crippen molar-refractivity contribution in [2.75, 3.05) is 25.2 Å². The monoisotopic (exact) mass is 367 g/mol. The van der Waals surface area contributed by atoms with Crippen molar-refractivity contribution < 1.29 is 19.4 Å². The van der Waals surface area contributed by atoms with E-state index in [-0.39, 0.29) is 19.8 Å². The number of aromatic amines is 1. The lowest BCUT2D eigenvalue weighted by molar-refractivity contribution is 0.145. The second-order valence-corrected chi connectivity index (χ2v) is 5.82. The number of carbonyl (C=O) groups excluding carboxylic acids is 1. The molecule has 0 spiro atoms. The molecule has 0 aliphatic rings. The molecule has 1 aromatic heterocycles. The van der Waals surface area contributed by atoms with Gasteiger partial charge in [-0.15, -0.1) is 0 Å². The lowest BCUT2D eigenvalue weighted by atomic mass is 10.1. The summed E-state index contributed by atoms with van der Waals surface area (Å²) >= 11 is 0. The van der Waals surface area contributed by atoms with Gasteiger partial charge in [-0.1, -0.05) is 24.3 Å². The molecule has 0 unspecified atom stereocenters. The fourth-order valence-corrected chi connectivity index (χ4v) is 2.65. The second kappa shape index (κ2) is 8.86. The lowest BCUT2D eigenvalue weighted by Gasteiger charge is -2.21. The van der Waals surface area contributed by atoms with Crippen molar-refractivity contribution in [1.29, 1.82) is 0 Å². The maximum atomic E-state index is 12.5. The molecule has 0 radical (unpaired) electrons. The Morgan fingerprint density at radius 3 is 2.67 bits per heavy atom. The van der Waals surface area contributed by atoms with Gasteiger partial charge in [0, 0.05) is 17.4 Å². The molecule has 0 saturated carbocycles. The number of benzene rings is 2. The number of nitrogens with one attached hydrogen (secondary N) is 1. The van der Waals surface area contributed by atoms with E-state index >= 15 is 0 Å². The van der Waals surface area contributed by atoms with Gasteiger partial charge in [0.25, 0.3) is 0 Å². The van der Waals surface area contributed by atoms with E-state index in [4.69, 9.17) is 9.47 Å². The minimum absolute atomic E-state index is 0.116. The minimum atomic E-state index is -0.525. The van der Waals surface area contributed by atoms with Crippen molar-refractivity contribution in [2.45, 2.75) is 6.61 Å².